The molecule has 0 spiro atoms. The number of nitrogens with one attached hydrogen (secondary N) is 1. The molecule has 0 bridgehead atoms. The third kappa shape index (κ3) is 3.81. The number of carbonyl (C=O) groups excluding carboxylic acids is 1. The zero-order valence-corrected chi connectivity index (χ0v) is 11.2. The molecule has 1 unspecified atom stereocenters. The lowest BCUT2D eigenvalue weighted by Crippen LogP contribution is -2.39. The van der Waals surface area contributed by atoms with Crippen molar-refractivity contribution in [1.82, 2.24) is 5.32 Å². The Bertz CT molecular complexity index is 418. The maximum Gasteiger partial charge on any atom is 0.251 e. The molecule has 3 nitrogen and oxygen atoms in total. The Balaban J connectivity index is 2.77. The lowest BCUT2D eigenvalue weighted by Gasteiger charge is -2.21. The average molecular weight is 252 g/mol. The molecule has 1 rings (SSSR count). The van der Waals surface area contributed by atoms with Gasteiger partial charge in [-0.05, 0) is 43.5 Å². The van der Waals surface area contributed by atoms with Gasteiger partial charge in [0.15, 0.2) is 0 Å². The number of rotatable bonds is 5. The molecule has 0 aliphatic carbocycles. The zero-order valence-electron chi connectivity index (χ0n) is 11.2. The number of benzene rings is 1. The van der Waals surface area contributed by atoms with Crippen LogP contribution in [0.25, 0.3) is 0 Å². The Morgan fingerprint density at radius 2 is 2.11 bits per heavy atom. The van der Waals surface area contributed by atoms with Gasteiger partial charge < -0.3 is 11.1 Å². The summed E-state index contributed by atoms with van der Waals surface area (Å²) in [7, 11) is 0. The van der Waals surface area contributed by atoms with Gasteiger partial charge in [0, 0.05) is 11.6 Å². The summed E-state index contributed by atoms with van der Waals surface area (Å²) in [5, 5.41) is 2.89. The van der Waals surface area contributed by atoms with Gasteiger partial charge in [-0.15, -0.1) is 0 Å². The second-order valence-corrected chi connectivity index (χ2v) is 4.87. The molecule has 18 heavy (non-hydrogen) atoms. The van der Waals surface area contributed by atoms with E-state index in [4.69, 9.17) is 5.73 Å². The number of hydrogen-bond donors (Lipinski definition) is 2. The quantitative estimate of drug-likeness (QED) is 0.844. The summed E-state index contributed by atoms with van der Waals surface area (Å²) in [5.74, 6) is -0.309. The molecular weight excluding hydrogens is 231 g/mol. The monoisotopic (exact) mass is 252 g/mol. The van der Waals surface area contributed by atoms with Crippen LogP contribution in [0, 0.1) is 18.7 Å². The summed E-state index contributed by atoms with van der Waals surface area (Å²) in [5.41, 5.74) is 6.40. The van der Waals surface area contributed by atoms with Crippen molar-refractivity contribution in [1.29, 1.82) is 0 Å². The van der Waals surface area contributed by atoms with E-state index in [0.717, 1.165) is 6.42 Å². The van der Waals surface area contributed by atoms with Crippen molar-refractivity contribution in [3.63, 3.8) is 0 Å². The van der Waals surface area contributed by atoms with Gasteiger partial charge in [-0.1, -0.05) is 19.9 Å². The minimum Gasteiger partial charge on any atom is -0.349 e. The number of carbonyl (C=O) groups is 1. The van der Waals surface area contributed by atoms with Crippen molar-refractivity contribution in [2.75, 3.05) is 6.54 Å². The topological polar surface area (TPSA) is 55.1 Å². The summed E-state index contributed by atoms with van der Waals surface area (Å²) in [6, 6.07) is 4.53. The molecule has 0 saturated heterocycles. The van der Waals surface area contributed by atoms with Crippen LogP contribution in [0.2, 0.25) is 0 Å². The van der Waals surface area contributed by atoms with Crippen molar-refractivity contribution in [3.8, 4) is 0 Å². The Hall–Kier alpha value is -1.42. The van der Waals surface area contributed by atoms with Crippen LogP contribution in [0.4, 0.5) is 4.39 Å². The molecule has 1 atom stereocenters. The lowest BCUT2D eigenvalue weighted by molar-refractivity contribution is 0.0923. The molecule has 1 aromatic carbocycles. The average Bonchev–Trinajstić information content (AvgIpc) is 2.31. The normalized spacial score (nSPS) is 12.6. The van der Waals surface area contributed by atoms with Crippen molar-refractivity contribution < 1.29 is 9.18 Å². The van der Waals surface area contributed by atoms with Crippen molar-refractivity contribution in [2.24, 2.45) is 11.7 Å². The van der Waals surface area contributed by atoms with Gasteiger partial charge in [0.2, 0.25) is 0 Å². The van der Waals surface area contributed by atoms with E-state index in [1.165, 1.54) is 6.07 Å². The highest BCUT2D eigenvalue weighted by Crippen LogP contribution is 2.11. The SMILES string of the molecule is Cc1ccc(C(=O)NC(CCN)C(C)C)cc1F. The second kappa shape index (κ2) is 6.50. The summed E-state index contributed by atoms with van der Waals surface area (Å²) in [6.45, 7) is 6.24. The third-order valence-corrected chi connectivity index (χ3v) is 3.03. The van der Waals surface area contributed by atoms with Crippen LogP contribution < -0.4 is 11.1 Å². The highest BCUT2D eigenvalue weighted by atomic mass is 19.1. The molecule has 0 aliphatic heterocycles. The first-order valence-corrected chi connectivity index (χ1v) is 6.22. The van der Waals surface area contributed by atoms with Crippen LogP contribution in [-0.2, 0) is 0 Å². The number of nitrogens with two attached hydrogens (primary N) is 1. The summed E-state index contributed by atoms with van der Waals surface area (Å²) < 4.78 is 13.4. The van der Waals surface area contributed by atoms with Crippen molar-refractivity contribution in [3.05, 3.63) is 35.1 Å². The maximum atomic E-state index is 13.4. The number of aryl methyl sites for hydroxylation is 1. The van der Waals surface area contributed by atoms with Crippen LogP contribution >= 0.6 is 0 Å². The van der Waals surface area contributed by atoms with E-state index in [2.05, 4.69) is 5.32 Å². The fourth-order valence-corrected chi connectivity index (χ4v) is 1.74. The van der Waals surface area contributed by atoms with E-state index in [9.17, 15) is 9.18 Å². The molecule has 100 valence electrons. The van der Waals surface area contributed by atoms with Gasteiger partial charge in [-0.3, -0.25) is 4.79 Å². The van der Waals surface area contributed by atoms with E-state index in [0.29, 0.717) is 23.6 Å². The smallest absolute Gasteiger partial charge is 0.251 e. The Labute approximate surface area is 108 Å². The maximum absolute atomic E-state index is 13.4. The number of hydrogen-bond acceptors (Lipinski definition) is 2. The van der Waals surface area contributed by atoms with Crippen LogP contribution in [-0.4, -0.2) is 18.5 Å². The Kier molecular flexibility index (Phi) is 5.28. The second-order valence-electron chi connectivity index (χ2n) is 4.87. The molecular formula is C14H21FN2O. The molecule has 0 fully saturated rings. The van der Waals surface area contributed by atoms with E-state index in [-0.39, 0.29) is 17.8 Å². The molecule has 0 aliphatic rings. The van der Waals surface area contributed by atoms with Gasteiger partial charge in [-0.2, -0.15) is 0 Å². The molecule has 0 radical (unpaired) electrons. The standard InChI is InChI=1S/C14H21FN2O/c1-9(2)13(6-7-16)17-14(18)11-5-4-10(3)12(15)8-11/h4-5,8-9,13H,6-7,16H2,1-3H3,(H,17,18). The first kappa shape index (κ1) is 14.6. The van der Waals surface area contributed by atoms with E-state index in [1.807, 2.05) is 13.8 Å². The van der Waals surface area contributed by atoms with Crippen LogP contribution in [0.3, 0.4) is 0 Å². The van der Waals surface area contributed by atoms with Crippen molar-refractivity contribution in [2.45, 2.75) is 33.2 Å². The predicted molar refractivity (Wildman–Crippen MR) is 70.9 cm³/mol. The minimum atomic E-state index is -0.359. The highest BCUT2D eigenvalue weighted by Gasteiger charge is 2.16. The van der Waals surface area contributed by atoms with Crippen LogP contribution in [0.5, 0.6) is 0 Å². The van der Waals surface area contributed by atoms with Crippen molar-refractivity contribution >= 4 is 5.91 Å². The molecule has 0 aromatic heterocycles. The summed E-state index contributed by atoms with van der Waals surface area (Å²) in [6.07, 6.45) is 0.720. The molecule has 0 heterocycles. The predicted octanol–water partition coefficient (Wildman–Crippen LogP) is 2.24. The largest absolute Gasteiger partial charge is 0.349 e. The number of amides is 1. The first-order valence-electron chi connectivity index (χ1n) is 6.22. The Morgan fingerprint density at radius 1 is 1.44 bits per heavy atom. The molecule has 0 saturated carbocycles. The number of halogens is 1. The van der Waals surface area contributed by atoms with Gasteiger partial charge in [-0.25, -0.2) is 4.39 Å². The molecule has 4 heteroatoms. The first-order chi connectivity index (χ1) is 8.45. The summed E-state index contributed by atoms with van der Waals surface area (Å²) in [4.78, 5) is 12.0. The minimum absolute atomic E-state index is 0.0202. The van der Waals surface area contributed by atoms with Gasteiger partial charge in [0.05, 0.1) is 0 Å². The van der Waals surface area contributed by atoms with Crippen LogP contribution in [0.1, 0.15) is 36.2 Å². The molecule has 1 amide bonds. The van der Waals surface area contributed by atoms with Crippen LogP contribution in [0.15, 0.2) is 18.2 Å². The highest BCUT2D eigenvalue weighted by molar-refractivity contribution is 5.94. The third-order valence-electron chi connectivity index (χ3n) is 3.03. The van der Waals surface area contributed by atoms with E-state index < -0.39 is 0 Å². The van der Waals surface area contributed by atoms with Gasteiger partial charge >= 0.3 is 0 Å². The summed E-state index contributed by atoms with van der Waals surface area (Å²) >= 11 is 0. The Morgan fingerprint density at radius 3 is 2.61 bits per heavy atom. The molecule has 3 N–H and O–H groups in total. The lowest BCUT2D eigenvalue weighted by atomic mass is 10.0. The van der Waals surface area contributed by atoms with E-state index in [1.54, 1.807) is 19.1 Å². The zero-order chi connectivity index (χ0) is 13.7. The van der Waals surface area contributed by atoms with Gasteiger partial charge in [0.1, 0.15) is 5.82 Å². The van der Waals surface area contributed by atoms with E-state index >= 15 is 0 Å². The molecule has 1 aromatic rings. The fourth-order valence-electron chi connectivity index (χ4n) is 1.74. The van der Waals surface area contributed by atoms with Gasteiger partial charge in [0.25, 0.3) is 5.91 Å². The fraction of sp³-hybridized carbons (Fsp3) is 0.500.